The summed E-state index contributed by atoms with van der Waals surface area (Å²) < 4.78 is 19.8. The first kappa shape index (κ1) is 39.6. The van der Waals surface area contributed by atoms with Gasteiger partial charge in [0.05, 0.1) is 27.6 Å². The molecule has 0 aliphatic carbocycles. The SMILES string of the molecule is C=C(/C=C(\C=C/C)c1ccc2oc3ccccc3c2c1)n1c2ccccc2c2c1ccc1c3ccc4c(c(C)c(/C=C\C=C/C)n4-c4ccc5oc6ccccc6c5c4)c3n(-c3ccccc3)c12. The van der Waals surface area contributed by atoms with Gasteiger partial charge in [-0.15, -0.1) is 0 Å². The summed E-state index contributed by atoms with van der Waals surface area (Å²) >= 11 is 0. The van der Waals surface area contributed by atoms with Crippen LogP contribution in [0.15, 0.2) is 216 Å². The highest BCUT2D eigenvalue weighted by molar-refractivity contribution is 6.29. The molecule has 0 atom stereocenters. The van der Waals surface area contributed by atoms with Crippen molar-refractivity contribution in [2.75, 3.05) is 0 Å². The van der Waals surface area contributed by atoms with E-state index >= 15 is 0 Å². The third kappa shape index (κ3) is 5.82. The highest BCUT2D eigenvalue weighted by atomic mass is 16.3. The van der Waals surface area contributed by atoms with E-state index in [1.807, 2.05) is 24.3 Å². The number of fused-ring (bicyclic) bond motifs is 15. The van der Waals surface area contributed by atoms with E-state index in [0.717, 1.165) is 94.3 Å². The highest BCUT2D eigenvalue weighted by Crippen LogP contribution is 2.46. The Kier molecular flexibility index (Phi) is 8.96. The summed E-state index contributed by atoms with van der Waals surface area (Å²) in [6.07, 6.45) is 15.0. The van der Waals surface area contributed by atoms with Crippen molar-refractivity contribution in [1.29, 1.82) is 0 Å². The van der Waals surface area contributed by atoms with Gasteiger partial charge in [0.25, 0.3) is 0 Å². The lowest BCUT2D eigenvalue weighted by Crippen LogP contribution is -1.97. The number of hydrogen-bond donors (Lipinski definition) is 0. The van der Waals surface area contributed by atoms with E-state index in [2.05, 4.69) is 217 Å². The van der Waals surface area contributed by atoms with Gasteiger partial charge >= 0.3 is 0 Å². The molecule has 5 nitrogen and oxygen atoms in total. The van der Waals surface area contributed by atoms with E-state index in [-0.39, 0.29) is 0 Å². The molecule has 13 rings (SSSR count). The number of para-hydroxylation sites is 4. The van der Waals surface area contributed by atoms with Gasteiger partial charge in [-0.3, -0.25) is 0 Å². The summed E-state index contributed by atoms with van der Waals surface area (Å²) in [5.74, 6) is 0. The van der Waals surface area contributed by atoms with Crippen molar-refractivity contribution < 1.29 is 8.83 Å². The summed E-state index contributed by atoms with van der Waals surface area (Å²) in [5, 5.41) is 10.4. The smallest absolute Gasteiger partial charge is 0.135 e. The van der Waals surface area contributed by atoms with Crippen LogP contribution in [0.1, 0.15) is 30.7 Å². The number of benzene rings is 8. The molecular weight excluding hydrogens is 831 g/mol. The Labute approximate surface area is 392 Å². The predicted molar refractivity (Wildman–Crippen MR) is 288 cm³/mol. The minimum atomic E-state index is 0.874. The first-order valence-corrected chi connectivity index (χ1v) is 23.3. The molecule has 5 aromatic heterocycles. The van der Waals surface area contributed by atoms with Crippen LogP contribution in [-0.2, 0) is 0 Å². The number of furan rings is 2. The fourth-order valence-corrected chi connectivity index (χ4v) is 10.9. The van der Waals surface area contributed by atoms with Crippen LogP contribution in [0.2, 0.25) is 0 Å². The van der Waals surface area contributed by atoms with Crippen molar-refractivity contribution in [2.24, 2.45) is 0 Å². The van der Waals surface area contributed by atoms with Gasteiger partial charge in [-0.05, 0) is 122 Å². The van der Waals surface area contributed by atoms with Crippen LogP contribution in [0.5, 0.6) is 0 Å². The Bertz CT molecular complexity index is 4360. The number of rotatable bonds is 8. The largest absolute Gasteiger partial charge is 0.456 e. The molecule has 0 N–H and O–H groups in total. The summed E-state index contributed by atoms with van der Waals surface area (Å²) in [5.41, 5.74) is 16.8. The van der Waals surface area contributed by atoms with Crippen LogP contribution in [0.3, 0.4) is 0 Å². The van der Waals surface area contributed by atoms with Gasteiger partial charge in [0.2, 0.25) is 0 Å². The minimum absolute atomic E-state index is 0.874. The highest BCUT2D eigenvalue weighted by Gasteiger charge is 2.25. The summed E-state index contributed by atoms with van der Waals surface area (Å²) in [6.45, 7) is 11.2. The zero-order valence-corrected chi connectivity index (χ0v) is 38.0. The standard InChI is InChI=1S/C63H45N3O2/c1-5-7-9-24-52-40(4)60-54(65(52)44-29-35-59-51(38-44)46-22-14-17-27-57(46)68-59)32-30-47-48-31-33-55-61(63(48)66(62(47)60)43-19-10-8-11-20-43)49-23-12-15-25-53(49)64(55)39(3)36-41(18-6-2)42-28-34-58-50(37-42)45-21-13-16-26-56(45)67-58/h5-38H,3H2,1-2,4H3/b7-5-,18-6-,24-9-,41-36+. The molecule has 0 saturated heterocycles. The van der Waals surface area contributed by atoms with Gasteiger partial charge in [0, 0.05) is 71.2 Å². The zero-order valence-electron chi connectivity index (χ0n) is 38.0. The molecule has 0 amide bonds. The maximum Gasteiger partial charge on any atom is 0.135 e. The lowest BCUT2D eigenvalue weighted by Gasteiger charge is -2.12. The van der Waals surface area contributed by atoms with Gasteiger partial charge in [0.1, 0.15) is 22.3 Å². The molecule has 0 aliphatic rings. The maximum absolute atomic E-state index is 6.31. The van der Waals surface area contributed by atoms with Crippen LogP contribution in [0.4, 0.5) is 0 Å². The van der Waals surface area contributed by atoms with Crippen molar-refractivity contribution in [2.45, 2.75) is 20.8 Å². The van der Waals surface area contributed by atoms with Gasteiger partial charge < -0.3 is 22.5 Å². The quantitative estimate of drug-likeness (QED) is 0.143. The Morgan fingerprint density at radius 2 is 1.10 bits per heavy atom. The third-order valence-corrected chi connectivity index (χ3v) is 13.8. The first-order valence-electron chi connectivity index (χ1n) is 23.3. The van der Waals surface area contributed by atoms with Gasteiger partial charge in [-0.25, -0.2) is 0 Å². The van der Waals surface area contributed by atoms with Crippen molar-refractivity contribution in [1.82, 2.24) is 13.7 Å². The lowest BCUT2D eigenvalue weighted by molar-refractivity contribution is 0.668. The molecule has 68 heavy (non-hydrogen) atoms. The second kappa shape index (κ2) is 15.4. The molecule has 13 aromatic rings. The lowest BCUT2D eigenvalue weighted by atomic mass is 10.0. The fourth-order valence-electron chi connectivity index (χ4n) is 10.9. The first-order chi connectivity index (χ1) is 33.5. The number of aromatic nitrogens is 3. The second-order valence-electron chi connectivity index (χ2n) is 17.6. The monoisotopic (exact) mass is 875 g/mol. The molecule has 0 radical (unpaired) electrons. The van der Waals surface area contributed by atoms with Crippen LogP contribution in [0, 0.1) is 6.92 Å². The molecule has 0 bridgehead atoms. The molecule has 0 spiro atoms. The molecule has 5 heterocycles. The minimum Gasteiger partial charge on any atom is -0.456 e. The molecule has 324 valence electrons. The van der Waals surface area contributed by atoms with E-state index in [4.69, 9.17) is 15.4 Å². The fraction of sp³-hybridized carbons (Fsp3) is 0.0476. The summed E-state index contributed by atoms with van der Waals surface area (Å²) in [6, 6.07) is 58.5. The Balaban J connectivity index is 1.09. The molecule has 8 aromatic carbocycles. The maximum atomic E-state index is 6.31. The van der Waals surface area contributed by atoms with Crippen LogP contribution in [-0.4, -0.2) is 13.7 Å². The predicted octanol–water partition coefficient (Wildman–Crippen LogP) is 17.7. The van der Waals surface area contributed by atoms with Gasteiger partial charge in [0.15, 0.2) is 0 Å². The Morgan fingerprint density at radius 1 is 0.485 bits per heavy atom. The number of allylic oxidation sites excluding steroid dienone is 8. The molecule has 0 aliphatic heterocycles. The average molecular weight is 876 g/mol. The molecule has 0 unspecified atom stereocenters. The van der Waals surface area contributed by atoms with E-state index in [1.165, 1.54) is 43.5 Å². The number of aryl methyl sites for hydroxylation is 1. The van der Waals surface area contributed by atoms with E-state index < -0.39 is 0 Å². The van der Waals surface area contributed by atoms with Crippen molar-refractivity contribution in [3.05, 3.63) is 224 Å². The molecule has 5 heteroatoms. The van der Waals surface area contributed by atoms with Crippen molar-refractivity contribution in [3.63, 3.8) is 0 Å². The van der Waals surface area contributed by atoms with Crippen LogP contribution >= 0.6 is 0 Å². The Hall–Kier alpha value is -8.80. The van der Waals surface area contributed by atoms with Crippen molar-refractivity contribution in [3.8, 4) is 11.4 Å². The second-order valence-corrected chi connectivity index (χ2v) is 17.6. The van der Waals surface area contributed by atoms with Gasteiger partial charge in [-0.2, -0.15) is 0 Å². The normalized spacial score (nSPS) is 12.9. The summed E-state index contributed by atoms with van der Waals surface area (Å²) in [7, 11) is 0. The molecule has 0 fully saturated rings. The van der Waals surface area contributed by atoms with E-state index in [9.17, 15) is 0 Å². The average Bonchev–Trinajstić information content (AvgIpc) is 4.17. The molecule has 0 saturated carbocycles. The van der Waals surface area contributed by atoms with Gasteiger partial charge in [-0.1, -0.05) is 128 Å². The van der Waals surface area contributed by atoms with Crippen LogP contribution < -0.4 is 0 Å². The zero-order chi connectivity index (χ0) is 45.6. The Morgan fingerprint density at radius 3 is 1.82 bits per heavy atom. The summed E-state index contributed by atoms with van der Waals surface area (Å²) in [4.78, 5) is 0. The topological polar surface area (TPSA) is 41.1 Å². The third-order valence-electron chi connectivity index (χ3n) is 13.8. The molecular formula is C63H45N3O2. The number of hydrogen-bond acceptors (Lipinski definition) is 2. The van der Waals surface area contributed by atoms with Crippen molar-refractivity contribution >= 4 is 116 Å². The number of nitrogens with zero attached hydrogens (tertiary/aromatic N) is 3. The van der Waals surface area contributed by atoms with E-state index in [1.54, 1.807) is 0 Å². The van der Waals surface area contributed by atoms with Crippen LogP contribution in [0.25, 0.3) is 127 Å². The van der Waals surface area contributed by atoms with E-state index in [0.29, 0.717) is 0 Å².